The average Bonchev–Trinajstić information content (AvgIpc) is 3.38. The molecule has 0 aromatic carbocycles. The smallest absolute Gasteiger partial charge is 0.306 e. The molecule has 6 heteroatoms. The van der Waals surface area contributed by atoms with Gasteiger partial charge in [-0.3, -0.25) is 14.4 Å². The third-order valence-corrected chi connectivity index (χ3v) is 14.7. The van der Waals surface area contributed by atoms with Gasteiger partial charge in [-0.15, -0.1) is 0 Å². The van der Waals surface area contributed by atoms with Gasteiger partial charge in [-0.1, -0.05) is 302 Å². The Morgan fingerprint density at radius 2 is 0.472 bits per heavy atom. The Bertz CT molecular complexity index is 1160. The first-order valence-electron chi connectivity index (χ1n) is 32.3. The van der Waals surface area contributed by atoms with Crippen molar-refractivity contribution in [1.82, 2.24) is 0 Å². The molecule has 0 bridgehead atoms. The third kappa shape index (κ3) is 58.8. The minimum absolute atomic E-state index is 0.0695. The summed E-state index contributed by atoms with van der Waals surface area (Å²) >= 11 is 0. The highest BCUT2D eigenvalue weighted by atomic mass is 16.6. The predicted molar refractivity (Wildman–Crippen MR) is 312 cm³/mol. The molecule has 0 aromatic rings. The number of allylic oxidation sites excluding steroid dienone is 4. The first kappa shape index (κ1) is 69.9. The van der Waals surface area contributed by atoms with Crippen molar-refractivity contribution in [3.05, 3.63) is 24.3 Å². The molecule has 1 atom stereocenters. The highest BCUT2D eigenvalue weighted by Crippen LogP contribution is 2.18. The van der Waals surface area contributed by atoms with E-state index in [1.807, 2.05) is 0 Å². The zero-order valence-corrected chi connectivity index (χ0v) is 48.7. The summed E-state index contributed by atoms with van der Waals surface area (Å²) in [4.78, 5) is 37.9. The molecule has 0 aromatic heterocycles. The van der Waals surface area contributed by atoms with E-state index >= 15 is 0 Å². The predicted octanol–water partition coefficient (Wildman–Crippen LogP) is 21.8. The summed E-state index contributed by atoms with van der Waals surface area (Å²) in [7, 11) is 0. The van der Waals surface area contributed by atoms with Crippen molar-refractivity contribution in [3.63, 3.8) is 0 Å². The van der Waals surface area contributed by atoms with Gasteiger partial charge in [-0.25, -0.2) is 0 Å². The minimum Gasteiger partial charge on any atom is -0.462 e. The lowest BCUT2D eigenvalue weighted by molar-refractivity contribution is -0.167. The topological polar surface area (TPSA) is 78.9 Å². The van der Waals surface area contributed by atoms with Crippen LogP contribution in [0.25, 0.3) is 0 Å². The van der Waals surface area contributed by atoms with Gasteiger partial charge in [0.05, 0.1) is 0 Å². The van der Waals surface area contributed by atoms with Crippen LogP contribution in [0.4, 0.5) is 0 Å². The Hall–Kier alpha value is -2.11. The summed E-state index contributed by atoms with van der Waals surface area (Å²) < 4.78 is 16.8. The summed E-state index contributed by atoms with van der Waals surface area (Å²) in [6, 6.07) is 0. The summed E-state index contributed by atoms with van der Waals surface area (Å²) in [5.41, 5.74) is 0. The van der Waals surface area contributed by atoms with Gasteiger partial charge in [0.2, 0.25) is 0 Å². The second kappa shape index (κ2) is 61.4. The molecule has 424 valence electrons. The molecule has 0 heterocycles. The van der Waals surface area contributed by atoms with Crippen molar-refractivity contribution < 1.29 is 28.6 Å². The molecule has 0 N–H and O–H groups in total. The summed E-state index contributed by atoms with van der Waals surface area (Å²) in [6.45, 7) is 6.61. The lowest BCUT2D eigenvalue weighted by Gasteiger charge is -2.18. The van der Waals surface area contributed by atoms with Gasteiger partial charge in [-0.2, -0.15) is 0 Å². The van der Waals surface area contributed by atoms with E-state index in [0.29, 0.717) is 19.3 Å². The number of carbonyl (C=O) groups is 3. The first-order valence-corrected chi connectivity index (χ1v) is 32.3. The second-order valence-electron chi connectivity index (χ2n) is 22.0. The van der Waals surface area contributed by atoms with Crippen LogP contribution in [0.2, 0.25) is 0 Å². The average molecular weight is 1010 g/mol. The van der Waals surface area contributed by atoms with E-state index in [0.717, 1.165) is 64.2 Å². The van der Waals surface area contributed by atoms with Crippen molar-refractivity contribution in [2.45, 2.75) is 367 Å². The Morgan fingerprint density at radius 3 is 0.736 bits per heavy atom. The van der Waals surface area contributed by atoms with Crippen molar-refractivity contribution >= 4 is 17.9 Å². The summed E-state index contributed by atoms with van der Waals surface area (Å²) in [6.07, 6.45) is 73.9. The number of rotatable bonds is 60. The van der Waals surface area contributed by atoms with E-state index in [1.165, 1.54) is 257 Å². The molecule has 0 rings (SSSR count). The van der Waals surface area contributed by atoms with Gasteiger partial charge in [0, 0.05) is 19.3 Å². The molecule has 0 amide bonds. The van der Waals surface area contributed by atoms with Gasteiger partial charge in [-0.05, 0) is 64.2 Å². The van der Waals surface area contributed by atoms with Crippen LogP contribution < -0.4 is 0 Å². The molecule has 72 heavy (non-hydrogen) atoms. The maximum atomic E-state index is 12.8. The number of unbranched alkanes of at least 4 members (excludes halogenated alkanes) is 45. The molecule has 1 unspecified atom stereocenters. The van der Waals surface area contributed by atoms with E-state index in [1.54, 1.807) is 0 Å². The quantitative estimate of drug-likeness (QED) is 0.0261. The van der Waals surface area contributed by atoms with E-state index < -0.39 is 6.10 Å². The van der Waals surface area contributed by atoms with E-state index in [2.05, 4.69) is 45.1 Å². The van der Waals surface area contributed by atoms with E-state index in [4.69, 9.17) is 14.2 Å². The van der Waals surface area contributed by atoms with Crippen LogP contribution in [0.1, 0.15) is 361 Å². The van der Waals surface area contributed by atoms with Crippen LogP contribution in [0.3, 0.4) is 0 Å². The molecule has 6 nitrogen and oxygen atoms in total. The van der Waals surface area contributed by atoms with Crippen LogP contribution in [-0.2, 0) is 28.6 Å². The van der Waals surface area contributed by atoms with Gasteiger partial charge in [0.15, 0.2) is 6.10 Å². The summed E-state index contributed by atoms with van der Waals surface area (Å²) in [5.74, 6) is -0.866. The highest BCUT2D eigenvalue weighted by Gasteiger charge is 2.19. The SMILES string of the molecule is CCCC/C=C\CCCCCCCC(=O)OC(COC(=O)CCCCCCCCCC)COC(=O)CCCCCCCCCCCCCCCCCCCCCCCCC/C=C\CCCCCCCCCC. The standard InChI is InChI=1S/C66H124O6/c1-4-7-10-13-16-19-21-22-23-24-25-26-27-28-29-30-31-32-33-34-35-36-37-38-39-40-41-42-43-44-46-47-50-53-56-59-65(68)71-62-63(61-70-64(67)58-55-52-49-18-15-12-9-6-3)72-66(69)60-57-54-51-48-45-20-17-14-11-8-5-2/h14,17,24-25,63H,4-13,15-16,18-23,26-62H2,1-3H3/b17-14-,25-24-. The van der Waals surface area contributed by atoms with Crippen molar-refractivity contribution in [2.24, 2.45) is 0 Å². The van der Waals surface area contributed by atoms with Gasteiger partial charge < -0.3 is 14.2 Å². The van der Waals surface area contributed by atoms with Gasteiger partial charge >= 0.3 is 17.9 Å². The minimum atomic E-state index is -0.768. The van der Waals surface area contributed by atoms with Gasteiger partial charge in [0.25, 0.3) is 0 Å². The molecule has 0 saturated heterocycles. The number of ether oxygens (including phenoxy) is 3. The first-order chi connectivity index (χ1) is 35.5. The van der Waals surface area contributed by atoms with E-state index in [9.17, 15) is 14.4 Å². The normalized spacial score (nSPS) is 12.1. The fraction of sp³-hybridized carbons (Fsp3) is 0.894. The lowest BCUT2D eigenvalue weighted by Crippen LogP contribution is -2.30. The Balaban J connectivity index is 3.86. The van der Waals surface area contributed by atoms with Crippen LogP contribution in [-0.4, -0.2) is 37.2 Å². The Labute approximate surface area is 449 Å². The molecular formula is C66H124O6. The maximum Gasteiger partial charge on any atom is 0.306 e. The highest BCUT2D eigenvalue weighted by molar-refractivity contribution is 5.71. The molecule has 0 spiro atoms. The zero-order chi connectivity index (χ0) is 52.2. The summed E-state index contributed by atoms with van der Waals surface area (Å²) in [5, 5.41) is 0. The van der Waals surface area contributed by atoms with Crippen LogP contribution in [0.5, 0.6) is 0 Å². The van der Waals surface area contributed by atoms with Crippen LogP contribution in [0.15, 0.2) is 24.3 Å². The van der Waals surface area contributed by atoms with Crippen LogP contribution in [0, 0.1) is 0 Å². The van der Waals surface area contributed by atoms with Crippen LogP contribution >= 0.6 is 0 Å². The van der Waals surface area contributed by atoms with E-state index in [-0.39, 0.29) is 31.1 Å². The number of esters is 3. The van der Waals surface area contributed by atoms with Crippen molar-refractivity contribution in [1.29, 1.82) is 0 Å². The van der Waals surface area contributed by atoms with Crippen molar-refractivity contribution in [2.75, 3.05) is 13.2 Å². The molecule has 0 aliphatic heterocycles. The second-order valence-corrected chi connectivity index (χ2v) is 22.0. The Kier molecular flexibility index (Phi) is 59.6. The number of carbonyl (C=O) groups excluding carboxylic acids is 3. The number of hydrogen-bond acceptors (Lipinski definition) is 6. The zero-order valence-electron chi connectivity index (χ0n) is 48.7. The molecule has 0 radical (unpaired) electrons. The fourth-order valence-corrected chi connectivity index (χ4v) is 9.78. The van der Waals surface area contributed by atoms with Gasteiger partial charge in [0.1, 0.15) is 13.2 Å². The molecule has 0 aliphatic rings. The Morgan fingerprint density at radius 1 is 0.264 bits per heavy atom. The molecular weight excluding hydrogens is 889 g/mol. The largest absolute Gasteiger partial charge is 0.462 e. The lowest BCUT2D eigenvalue weighted by atomic mass is 10.0. The third-order valence-electron chi connectivity index (χ3n) is 14.7. The number of hydrogen-bond donors (Lipinski definition) is 0. The van der Waals surface area contributed by atoms with Crippen molar-refractivity contribution in [3.8, 4) is 0 Å². The monoisotopic (exact) mass is 1010 g/mol. The maximum absolute atomic E-state index is 12.8. The molecule has 0 saturated carbocycles. The molecule has 0 fully saturated rings. The fourth-order valence-electron chi connectivity index (χ4n) is 9.78. The molecule has 0 aliphatic carbocycles.